The first-order valence-corrected chi connectivity index (χ1v) is 8.10. The highest BCUT2D eigenvalue weighted by atomic mass is 16.2. The van der Waals surface area contributed by atoms with Gasteiger partial charge in [-0.2, -0.15) is 0 Å². The van der Waals surface area contributed by atoms with Crippen LogP contribution in [-0.2, 0) is 20.8 Å². The van der Waals surface area contributed by atoms with Crippen molar-refractivity contribution in [3.05, 3.63) is 48.2 Å². The topological polar surface area (TPSA) is 79.2 Å². The van der Waals surface area contributed by atoms with E-state index in [9.17, 15) is 14.4 Å². The minimum Gasteiger partial charge on any atom is -0.340 e. The molecule has 1 amide bonds. The summed E-state index contributed by atoms with van der Waals surface area (Å²) >= 11 is 0. The number of carbonyl (C=O) groups is 3. The Morgan fingerprint density at radius 2 is 2.08 bits per heavy atom. The lowest BCUT2D eigenvalue weighted by atomic mass is 9.87. The molecule has 130 valence electrons. The molecule has 0 aliphatic carbocycles. The molecule has 0 spiro atoms. The van der Waals surface area contributed by atoms with Gasteiger partial charge in [0, 0.05) is 25.5 Å². The highest BCUT2D eigenvalue weighted by Gasteiger charge is 2.43. The summed E-state index contributed by atoms with van der Waals surface area (Å²) in [7, 11) is 0. The van der Waals surface area contributed by atoms with Crippen LogP contribution in [0.1, 0.15) is 5.56 Å². The average molecular weight is 339 g/mol. The Morgan fingerprint density at radius 1 is 1.32 bits per heavy atom. The third-order valence-corrected chi connectivity index (χ3v) is 4.19. The van der Waals surface area contributed by atoms with Crippen LogP contribution in [0.2, 0.25) is 0 Å². The zero-order chi connectivity index (χ0) is 18.1. The number of nitrogens with zero attached hydrogens (tertiary/aromatic N) is 3. The van der Waals surface area contributed by atoms with Gasteiger partial charge in [-0.05, 0) is 24.8 Å². The van der Waals surface area contributed by atoms with Gasteiger partial charge in [0.2, 0.25) is 11.7 Å². The van der Waals surface area contributed by atoms with Crippen LogP contribution in [0.15, 0.2) is 52.6 Å². The lowest BCUT2D eigenvalue weighted by Gasteiger charge is -2.15. The van der Waals surface area contributed by atoms with Crippen LogP contribution in [0.4, 0.5) is 0 Å². The normalized spacial score (nSPS) is 20.5. The van der Waals surface area contributed by atoms with Crippen molar-refractivity contribution in [1.29, 1.82) is 0 Å². The van der Waals surface area contributed by atoms with Crippen molar-refractivity contribution in [2.45, 2.75) is 6.42 Å². The maximum Gasteiger partial charge on any atom is 0.226 e. The van der Waals surface area contributed by atoms with Crippen molar-refractivity contribution in [3.63, 3.8) is 0 Å². The van der Waals surface area contributed by atoms with E-state index in [2.05, 4.69) is 16.7 Å². The molecule has 1 aliphatic rings. The van der Waals surface area contributed by atoms with E-state index in [0.29, 0.717) is 25.8 Å². The van der Waals surface area contributed by atoms with Crippen LogP contribution in [0.5, 0.6) is 0 Å². The van der Waals surface area contributed by atoms with Crippen LogP contribution >= 0.6 is 0 Å². The van der Waals surface area contributed by atoms with Gasteiger partial charge >= 0.3 is 0 Å². The molecule has 6 nitrogen and oxygen atoms in total. The molecule has 1 fully saturated rings. The Hall–Kier alpha value is -2.89. The molecule has 0 N–H and O–H groups in total. The molecule has 1 unspecified atom stereocenters. The molecule has 2 rings (SSSR count). The van der Waals surface area contributed by atoms with E-state index in [1.807, 2.05) is 30.3 Å². The summed E-state index contributed by atoms with van der Waals surface area (Å²) in [5.74, 6) is -1.68. The minimum absolute atomic E-state index is 0.0949. The number of likely N-dealkylation sites (tertiary alicyclic amines) is 1. The summed E-state index contributed by atoms with van der Waals surface area (Å²) in [6.07, 6.45) is 5.53. The third kappa shape index (κ3) is 5.04. The first-order chi connectivity index (χ1) is 12.2. The number of ketones is 1. The van der Waals surface area contributed by atoms with Gasteiger partial charge < -0.3 is 4.90 Å². The molecule has 2 atom stereocenters. The van der Waals surface area contributed by atoms with Crippen molar-refractivity contribution in [3.8, 4) is 0 Å². The van der Waals surface area contributed by atoms with Crippen molar-refractivity contribution >= 4 is 30.9 Å². The van der Waals surface area contributed by atoms with Crippen LogP contribution in [0.25, 0.3) is 0 Å². The van der Waals surface area contributed by atoms with Gasteiger partial charge in [-0.15, -0.1) is 0 Å². The number of Topliss-reactive ketones (excluding diaryl/α,β-unsaturated/α-hetero) is 1. The number of hydrogen-bond donors (Lipinski definition) is 0. The fourth-order valence-corrected chi connectivity index (χ4v) is 2.95. The quantitative estimate of drug-likeness (QED) is 0.387. The van der Waals surface area contributed by atoms with E-state index >= 15 is 0 Å². The summed E-state index contributed by atoms with van der Waals surface area (Å²) in [5.41, 5.74) is 0.978. The zero-order valence-corrected chi connectivity index (χ0v) is 14.0. The molecule has 0 aromatic heterocycles. The van der Waals surface area contributed by atoms with Crippen molar-refractivity contribution in [2.24, 2.45) is 21.8 Å². The number of rotatable bonds is 9. The highest BCUT2D eigenvalue weighted by molar-refractivity contribution is 6.27. The van der Waals surface area contributed by atoms with E-state index in [0.717, 1.165) is 5.56 Å². The molecule has 0 saturated carbocycles. The Kier molecular flexibility index (Phi) is 6.95. The second-order valence-electron chi connectivity index (χ2n) is 5.79. The SMILES string of the molecule is C=N/C=C\C=NCCN1CC(C(=O)C=O)[C@@H](Cc2ccccc2)C1=O. The number of benzene rings is 1. The largest absolute Gasteiger partial charge is 0.340 e. The number of aldehydes is 1. The maximum atomic E-state index is 12.7. The molecular formula is C19H21N3O3. The van der Waals surface area contributed by atoms with E-state index < -0.39 is 17.6 Å². The fourth-order valence-electron chi connectivity index (χ4n) is 2.95. The average Bonchev–Trinajstić information content (AvgIpc) is 2.94. The van der Waals surface area contributed by atoms with Crippen molar-refractivity contribution in [1.82, 2.24) is 4.90 Å². The molecule has 0 radical (unpaired) electrons. The van der Waals surface area contributed by atoms with Gasteiger partial charge in [0.05, 0.1) is 18.4 Å². The highest BCUT2D eigenvalue weighted by Crippen LogP contribution is 2.28. The van der Waals surface area contributed by atoms with Gasteiger partial charge in [0.15, 0.2) is 6.29 Å². The predicted octanol–water partition coefficient (Wildman–Crippen LogP) is 1.36. The number of hydrogen-bond acceptors (Lipinski definition) is 5. The minimum atomic E-state index is -0.584. The summed E-state index contributed by atoms with van der Waals surface area (Å²) in [5, 5.41) is 0. The number of aliphatic imine (C=N–C) groups is 2. The van der Waals surface area contributed by atoms with Gasteiger partial charge in [-0.3, -0.25) is 24.4 Å². The van der Waals surface area contributed by atoms with Gasteiger partial charge in [0.1, 0.15) is 0 Å². The van der Waals surface area contributed by atoms with Crippen LogP contribution in [0, 0.1) is 11.8 Å². The van der Waals surface area contributed by atoms with Crippen LogP contribution in [-0.4, -0.2) is 55.4 Å². The van der Waals surface area contributed by atoms with E-state index in [1.165, 1.54) is 6.20 Å². The maximum absolute atomic E-state index is 12.7. The van der Waals surface area contributed by atoms with E-state index in [-0.39, 0.29) is 12.5 Å². The van der Waals surface area contributed by atoms with Gasteiger partial charge in [-0.1, -0.05) is 30.3 Å². The second-order valence-corrected chi connectivity index (χ2v) is 5.79. The first kappa shape index (κ1) is 18.4. The summed E-state index contributed by atoms with van der Waals surface area (Å²) in [4.78, 5) is 44.9. The molecular weight excluding hydrogens is 318 g/mol. The molecule has 1 saturated heterocycles. The Morgan fingerprint density at radius 3 is 2.76 bits per heavy atom. The lowest BCUT2D eigenvalue weighted by molar-refractivity contribution is -0.135. The van der Waals surface area contributed by atoms with Crippen LogP contribution < -0.4 is 0 Å². The van der Waals surface area contributed by atoms with Crippen molar-refractivity contribution < 1.29 is 14.4 Å². The van der Waals surface area contributed by atoms with E-state index in [1.54, 1.807) is 17.2 Å². The molecule has 1 aromatic rings. The molecule has 1 heterocycles. The Balaban J connectivity index is 2.03. The number of amides is 1. The summed E-state index contributed by atoms with van der Waals surface area (Å²) in [6.45, 7) is 4.43. The second kappa shape index (κ2) is 9.42. The van der Waals surface area contributed by atoms with Crippen LogP contribution in [0.3, 0.4) is 0 Å². The predicted molar refractivity (Wildman–Crippen MR) is 96.8 cm³/mol. The fraction of sp³-hybridized carbons (Fsp3) is 0.316. The van der Waals surface area contributed by atoms with Crippen molar-refractivity contribution in [2.75, 3.05) is 19.6 Å². The number of carbonyl (C=O) groups excluding carboxylic acids is 3. The van der Waals surface area contributed by atoms with E-state index in [4.69, 9.17) is 0 Å². The summed E-state index contributed by atoms with van der Waals surface area (Å²) in [6, 6.07) is 9.52. The lowest BCUT2D eigenvalue weighted by Crippen LogP contribution is -2.30. The standard InChI is InChI=1S/C19H21N3O3/c1-20-8-5-9-21-10-11-22-13-17(18(24)14-23)16(19(22)25)12-15-6-3-2-4-7-15/h2-9,14,16-17H,1,10-13H2/b8-5-,21-9?/t16-,17?/m1/s1. The molecule has 0 bridgehead atoms. The molecule has 1 aromatic carbocycles. The monoisotopic (exact) mass is 339 g/mol. The smallest absolute Gasteiger partial charge is 0.226 e. The Bertz CT molecular complexity index is 682. The molecule has 1 aliphatic heterocycles. The first-order valence-electron chi connectivity index (χ1n) is 8.10. The Labute approximate surface area is 147 Å². The zero-order valence-electron chi connectivity index (χ0n) is 14.0. The summed E-state index contributed by atoms with van der Waals surface area (Å²) < 4.78 is 0. The number of allylic oxidation sites excluding steroid dienone is 1. The molecule has 6 heteroatoms. The molecule has 25 heavy (non-hydrogen) atoms. The van der Waals surface area contributed by atoms with Gasteiger partial charge in [-0.25, -0.2) is 0 Å². The third-order valence-electron chi connectivity index (χ3n) is 4.19. The van der Waals surface area contributed by atoms with Gasteiger partial charge in [0.25, 0.3) is 0 Å².